The van der Waals surface area contributed by atoms with Crippen LogP contribution in [0.5, 0.6) is 0 Å². The molecule has 3 heteroatoms. The van der Waals surface area contributed by atoms with E-state index in [1.165, 1.54) is 0 Å². The number of benzene rings is 1. The van der Waals surface area contributed by atoms with E-state index in [1.807, 2.05) is 25.1 Å². The van der Waals surface area contributed by atoms with Crippen LogP contribution in [0.15, 0.2) is 18.2 Å². The molecule has 0 aliphatic rings. The third kappa shape index (κ3) is 2.96. The first kappa shape index (κ1) is 12.1. The van der Waals surface area contributed by atoms with Crippen LogP contribution in [0.4, 0.5) is 5.69 Å². The van der Waals surface area contributed by atoms with Crippen molar-refractivity contribution in [2.24, 2.45) is 0 Å². The second-order valence-corrected chi connectivity index (χ2v) is 4.22. The summed E-state index contributed by atoms with van der Waals surface area (Å²) in [7, 11) is 0. The van der Waals surface area contributed by atoms with Crippen LogP contribution in [0, 0.1) is 6.92 Å². The molecular formula is C12H16ClNO. The van der Waals surface area contributed by atoms with Crippen molar-refractivity contribution in [1.82, 2.24) is 0 Å². The van der Waals surface area contributed by atoms with E-state index in [0.717, 1.165) is 23.2 Å². The van der Waals surface area contributed by atoms with Crippen LogP contribution in [0.25, 0.3) is 0 Å². The van der Waals surface area contributed by atoms with Gasteiger partial charge in [0, 0.05) is 5.69 Å². The SMILES string of the molecule is CCc1cccc(C)c1NC(=O)[C@@H](C)Cl. The minimum atomic E-state index is -0.505. The van der Waals surface area contributed by atoms with Crippen LogP contribution in [0.2, 0.25) is 0 Å². The number of amides is 1. The molecule has 1 aromatic carbocycles. The highest BCUT2D eigenvalue weighted by Gasteiger charge is 2.12. The standard InChI is InChI=1S/C12H16ClNO/c1-4-10-7-5-6-8(2)11(10)14-12(15)9(3)13/h5-7,9H,4H2,1-3H3,(H,14,15)/t9-/m1/s1. The smallest absolute Gasteiger partial charge is 0.242 e. The Bertz CT molecular complexity index is 361. The van der Waals surface area contributed by atoms with Crippen molar-refractivity contribution in [1.29, 1.82) is 0 Å². The fourth-order valence-electron chi connectivity index (χ4n) is 1.42. The number of carbonyl (C=O) groups is 1. The monoisotopic (exact) mass is 225 g/mol. The topological polar surface area (TPSA) is 29.1 Å². The highest BCUT2D eigenvalue weighted by molar-refractivity contribution is 6.32. The summed E-state index contributed by atoms with van der Waals surface area (Å²) in [5.41, 5.74) is 3.11. The molecule has 0 heterocycles. The Balaban J connectivity index is 2.97. The Hall–Kier alpha value is -1.02. The summed E-state index contributed by atoms with van der Waals surface area (Å²) in [5, 5.41) is 2.35. The summed E-state index contributed by atoms with van der Waals surface area (Å²) >= 11 is 5.71. The lowest BCUT2D eigenvalue weighted by molar-refractivity contribution is -0.115. The molecule has 0 fully saturated rings. The predicted molar refractivity (Wildman–Crippen MR) is 64.5 cm³/mol. The first-order valence-electron chi connectivity index (χ1n) is 5.09. The lowest BCUT2D eigenvalue weighted by atomic mass is 10.1. The average Bonchev–Trinajstić information content (AvgIpc) is 2.20. The fourth-order valence-corrected chi connectivity index (χ4v) is 1.48. The number of alkyl halides is 1. The van der Waals surface area contributed by atoms with E-state index in [0.29, 0.717) is 0 Å². The third-order valence-corrected chi connectivity index (χ3v) is 2.55. The largest absolute Gasteiger partial charge is 0.324 e. The number of carbonyl (C=O) groups excluding carboxylic acids is 1. The highest BCUT2D eigenvalue weighted by atomic mass is 35.5. The second-order valence-electron chi connectivity index (χ2n) is 3.57. The van der Waals surface area contributed by atoms with Gasteiger partial charge in [0.25, 0.3) is 0 Å². The van der Waals surface area contributed by atoms with Gasteiger partial charge in [-0.05, 0) is 31.4 Å². The summed E-state index contributed by atoms with van der Waals surface area (Å²) in [6.45, 7) is 5.71. The quantitative estimate of drug-likeness (QED) is 0.787. The first-order valence-corrected chi connectivity index (χ1v) is 5.53. The maximum absolute atomic E-state index is 11.5. The summed E-state index contributed by atoms with van der Waals surface area (Å²) in [5.74, 6) is -0.152. The minimum absolute atomic E-state index is 0.152. The Morgan fingerprint density at radius 1 is 1.53 bits per heavy atom. The van der Waals surface area contributed by atoms with Crippen molar-refractivity contribution in [3.63, 3.8) is 0 Å². The van der Waals surface area contributed by atoms with Crippen molar-refractivity contribution in [3.8, 4) is 0 Å². The molecule has 0 radical (unpaired) electrons. The van der Waals surface area contributed by atoms with Crippen molar-refractivity contribution in [2.75, 3.05) is 5.32 Å². The molecule has 0 unspecified atom stereocenters. The second kappa shape index (κ2) is 5.17. The van der Waals surface area contributed by atoms with Crippen LogP contribution in [-0.4, -0.2) is 11.3 Å². The highest BCUT2D eigenvalue weighted by Crippen LogP contribution is 2.21. The molecule has 1 amide bonds. The minimum Gasteiger partial charge on any atom is -0.324 e. The van der Waals surface area contributed by atoms with Crippen molar-refractivity contribution in [2.45, 2.75) is 32.6 Å². The fraction of sp³-hybridized carbons (Fsp3) is 0.417. The Morgan fingerprint density at radius 3 is 2.73 bits per heavy atom. The summed E-state index contributed by atoms with van der Waals surface area (Å²) in [4.78, 5) is 11.5. The number of halogens is 1. The summed E-state index contributed by atoms with van der Waals surface area (Å²) < 4.78 is 0. The predicted octanol–water partition coefficient (Wildman–Crippen LogP) is 3.12. The van der Waals surface area contributed by atoms with Crippen molar-refractivity contribution in [3.05, 3.63) is 29.3 Å². The van der Waals surface area contributed by atoms with E-state index in [1.54, 1.807) is 6.92 Å². The van der Waals surface area contributed by atoms with Crippen LogP contribution < -0.4 is 5.32 Å². The zero-order valence-electron chi connectivity index (χ0n) is 9.30. The zero-order chi connectivity index (χ0) is 11.4. The average molecular weight is 226 g/mol. The van der Waals surface area contributed by atoms with Crippen molar-refractivity contribution < 1.29 is 4.79 Å². The van der Waals surface area contributed by atoms with E-state index >= 15 is 0 Å². The van der Waals surface area contributed by atoms with Crippen LogP contribution >= 0.6 is 11.6 Å². The number of nitrogens with one attached hydrogen (secondary N) is 1. The molecule has 0 aliphatic heterocycles. The van der Waals surface area contributed by atoms with E-state index < -0.39 is 5.38 Å². The molecule has 0 saturated carbocycles. The molecule has 1 aromatic rings. The molecule has 0 saturated heterocycles. The first-order chi connectivity index (χ1) is 7.06. The molecule has 0 bridgehead atoms. The van der Waals surface area contributed by atoms with E-state index in [2.05, 4.69) is 12.2 Å². The number of anilines is 1. The van der Waals surface area contributed by atoms with Gasteiger partial charge < -0.3 is 5.32 Å². The number of hydrogen-bond donors (Lipinski definition) is 1. The van der Waals surface area contributed by atoms with Gasteiger partial charge in [-0.2, -0.15) is 0 Å². The maximum Gasteiger partial charge on any atom is 0.242 e. The number of aryl methyl sites for hydroxylation is 2. The Morgan fingerprint density at radius 2 is 2.20 bits per heavy atom. The van der Waals surface area contributed by atoms with Crippen LogP contribution in [-0.2, 0) is 11.2 Å². The van der Waals surface area contributed by atoms with Gasteiger partial charge in [-0.25, -0.2) is 0 Å². The molecule has 82 valence electrons. The van der Waals surface area contributed by atoms with Gasteiger partial charge in [-0.1, -0.05) is 25.1 Å². The van der Waals surface area contributed by atoms with Crippen LogP contribution in [0.1, 0.15) is 25.0 Å². The van der Waals surface area contributed by atoms with Gasteiger partial charge in [0.1, 0.15) is 5.38 Å². The van der Waals surface area contributed by atoms with Crippen molar-refractivity contribution >= 4 is 23.2 Å². The molecule has 0 spiro atoms. The number of rotatable bonds is 3. The zero-order valence-corrected chi connectivity index (χ0v) is 10.1. The summed E-state index contributed by atoms with van der Waals surface area (Å²) in [6, 6.07) is 5.99. The summed E-state index contributed by atoms with van der Waals surface area (Å²) in [6.07, 6.45) is 0.897. The van der Waals surface area contributed by atoms with Gasteiger partial charge in [0.2, 0.25) is 5.91 Å². The maximum atomic E-state index is 11.5. The molecular weight excluding hydrogens is 210 g/mol. The number of para-hydroxylation sites is 1. The molecule has 1 atom stereocenters. The van der Waals surface area contributed by atoms with Crippen LogP contribution in [0.3, 0.4) is 0 Å². The molecule has 0 aliphatic carbocycles. The molecule has 2 nitrogen and oxygen atoms in total. The molecule has 1 N–H and O–H groups in total. The van der Waals surface area contributed by atoms with E-state index in [4.69, 9.17) is 11.6 Å². The Kier molecular flexibility index (Phi) is 4.15. The van der Waals surface area contributed by atoms with Gasteiger partial charge in [0.05, 0.1) is 0 Å². The number of hydrogen-bond acceptors (Lipinski definition) is 1. The van der Waals surface area contributed by atoms with Gasteiger partial charge >= 0.3 is 0 Å². The lowest BCUT2D eigenvalue weighted by Gasteiger charge is -2.13. The molecule has 0 aromatic heterocycles. The van der Waals surface area contributed by atoms with E-state index in [9.17, 15) is 4.79 Å². The van der Waals surface area contributed by atoms with Gasteiger partial charge in [-0.3, -0.25) is 4.79 Å². The van der Waals surface area contributed by atoms with Gasteiger partial charge in [0.15, 0.2) is 0 Å². The van der Waals surface area contributed by atoms with E-state index in [-0.39, 0.29) is 5.91 Å². The van der Waals surface area contributed by atoms with Gasteiger partial charge in [-0.15, -0.1) is 11.6 Å². The third-order valence-electron chi connectivity index (χ3n) is 2.35. The Labute approximate surface area is 95.6 Å². The molecule has 1 rings (SSSR count). The normalized spacial score (nSPS) is 12.3. The molecule has 15 heavy (non-hydrogen) atoms. The lowest BCUT2D eigenvalue weighted by Crippen LogP contribution is -2.21.